The van der Waals surface area contributed by atoms with Crippen molar-refractivity contribution in [3.8, 4) is 0 Å². The normalized spacial score (nSPS) is 24.9. The van der Waals surface area contributed by atoms with E-state index in [1.165, 1.54) is 4.90 Å². The Kier molecular flexibility index (Phi) is 3.97. The molecule has 1 atom stereocenters. The number of likely N-dealkylation sites (N-methyl/N-ethyl adjacent to an activating group) is 1. The predicted molar refractivity (Wildman–Crippen MR) is 81.4 cm³/mol. The molecule has 0 spiro atoms. The average Bonchev–Trinajstić information content (AvgIpc) is 2.76. The second-order valence-electron chi connectivity index (χ2n) is 5.60. The summed E-state index contributed by atoms with van der Waals surface area (Å²) >= 11 is 5.85. The van der Waals surface area contributed by atoms with Crippen LogP contribution in [0.2, 0.25) is 5.02 Å². The number of hydrogen-bond donors (Lipinski definition) is 0. The van der Waals surface area contributed by atoms with Crippen LogP contribution in [-0.2, 0) is 9.59 Å². The maximum absolute atomic E-state index is 12.6. The second kappa shape index (κ2) is 5.75. The molecule has 3 rings (SSSR count). The first-order valence-electron chi connectivity index (χ1n) is 7.11. The summed E-state index contributed by atoms with van der Waals surface area (Å²) in [4.78, 5) is 30.5. The maximum atomic E-state index is 12.6. The number of benzene rings is 1. The molecule has 112 valence electrons. The average molecular weight is 308 g/mol. The fourth-order valence-corrected chi connectivity index (χ4v) is 3.02. The first kappa shape index (κ1) is 14.5. The fraction of sp³-hybridized carbons (Fsp3) is 0.467. The smallest absolute Gasteiger partial charge is 0.251 e. The lowest BCUT2D eigenvalue weighted by Gasteiger charge is -2.35. The van der Waals surface area contributed by atoms with E-state index in [0.717, 1.165) is 26.2 Å². The summed E-state index contributed by atoms with van der Waals surface area (Å²) in [6, 6.07) is 6.50. The van der Waals surface area contributed by atoms with E-state index in [1.54, 1.807) is 24.3 Å². The molecule has 0 aliphatic carbocycles. The van der Waals surface area contributed by atoms with Crippen LogP contribution in [-0.4, -0.2) is 60.9 Å². The number of hydrogen-bond acceptors (Lipinski definition) is 4. The van der Waals surface area contributed by atoms with Crippen LogP contribution < -0.4 is 4.90 Å². The standard InChI is InChI=1S/C15H18ClN3O2/c1-17-6-8-18(9-7-17)13-10-14(20)19(15(13)21)12-4-2-11(16)3-5-12/h2-5,13H,6-10H2,1H3/t13-/m1/s1. The minimum atomic E-state index is -0.318. The van der Waals surface area contributed by atoms with Gasteiger partial charge in [0.25, 0.3) is 5.91 Å². The van der Waals surface area contributed by atoms with Crippen molar-refractivity contribution in [2.45, 2.75) is 12.5 Å². The lowest BCUT2D eigenvalue weighted by molar-refractivity contribution is -0.123. The number of carbonyl (C=O) groups is 2. The van der Waals surface area contributed by atoms with Crippen molar-refractivity contribution in [2.75, 3.05) is 38.1 Å². The summed E-state index contributed by atoms with van der Waals surface area (Å²) in [6.07, 6.45) is 0.269. The molecule has 2 aliphatic rings. The SMILES string of the molecule is CN1CCN([C@@H]2CC(=O)N(c3ccc(Cl)cc3)C2=O)CC1. The molecule has 2 amide bonds. The Morgan fingerprint density at radius 1 is 1.05 bits per heavy atom. The molecule has 0 unspecified atom stereocenters. The van der Waals surface area contributed by atoms with Crippen molar-refractivity contribution in [3.05, 3.63) is 29.3 Å². The third-order valence-corrected chi connectivity index (χ3v) is 4.44. The molecule has 6 heteroatoms. The van der Waals surface area contributed by atoms with Gasteiger partial charge in [-0.1, -0.05) is 11.6 Å². The van der Waals surface area contributed by atoms with E-state index < -0.39 is 0 Å². The molecule has 21 heavy (non-hydrogen) atoms. The summed E-state index contributed by atoms with van der Waals surface area (Å²) in [5.74, 6) is -0.252. The van der Waals surface area contributed by atoms with Crippen molar-refractivity contribution in [1.29, 1.82) is 0 Å². The molecule has 0 N–H and O–H groups in total. The minimum absolute atomic E-state index is 0.119. The molecule has 1 aromatic rings. The van der Waals surface area contributed by atoms with E-state index >= 15 is 0 Å². The highest BCUT2D eigenvalue weighted by molar-refractivity contribution is 6.30. The first-order valence-corrected chi connectivity index (χ1v) is 7.49. The van der Waals surface area contributed by atoms with Crippen LogP contribution >= 0.6 is 11.6 Å². The number of halogens is 1. The molecule has 2 heterocycles. The van der Waals surface area contributed by atoms with Gasteiger partial charge in [0.2, 0.25) is 5.91 Å². The molecular formula is C15H18ClN3O2. The van der Waals surface area contributed by atoms with Crippen molar-refractivity contribution in [1.82, 2.24) is 9.80 Å². The number of rotatable bonds is 2. The highest BCUT2D eigenvalue weighted by atomic mass is 35.5. The first-order chi connectivity index (χ1) is 10.1. The number of imide groups is 1. The van der Waals surface area contributed by atoms with Crippen LogP contribution in [0.4, 0.5) is 5.69 Å². The molecule has 0 bridgehead atoms. The maximum Gasteiger partial charge on any atom is 0.251 e. The highest BCUT2D eigenvalue weighted by Gasteiger charge is 2.43. The van der Waals surface area contributed by atoms with Gasteiger partial charge < -0.3 is 4.90 Å². The van der Waals surface area contributed by atoms with E-state index in [0.29, 0.717) is 10.7 Å². The Hall–Kier alpha value is -1.43. The summed E-state index contributed by atoms with van der Waals surface area (Å²) in [6.45, 7) is 3.51. The van der Waals surface area contributed by atoms with Crippen molar-refractivity contribution < 1.29 is 9.59 Å². The van der Waals surface area contributed by atoms with Gasteiger partial charge in [-0.3, -0.25) is 14.5 Å². The molecule has 2 fully saturated rings. The van der Waals surface area contributed by atoms with E-state index in [9.17, 15) is 9.59 Å². The number of piperazine rings is 1. The number of carbonyl (C=O) groups excluding carboxylic acids is 2. The zero-order valence-corrected chi connectivity index (χ0v) is 12.7. The van der Waals surface area contributed by atoms with E-state index in [-0.39, 0.29) is 24.3 Å². The molecule has 0 saturated carbocycles. The molecule has 0 aromatic heterocycles. The van der Waals surface area contributed by atoms with Gasteiger partial charge in [0.1, 0.15) is 0 Å². The van der Waals surface area contributed by atoms with Gasteiger partial charge in [-0.15, -0.1) is 0 Å². The quantitative estimate of drug-likeness (QED) is 0.771. The monoisotopic (exact) mass is 307 g/mol. The predicted octanol–water partition coefficient (Wildman–Crippen LogP) is 1.22. The van der Waals surface area contributed by atoms with Crippen LogP contribution in [0.5, 0.6) is 0 Å². The Labute approximate surface area is 129 Å². The van der Waals surface area contributed by atoms with Crippen molar-refractivity contribution in [3.63, 3.8) is 0 Å². The van der Waals surface area contributed by atoms with Crippen molar-refractivity contribution in [2.24, 2.45) is 0 Å². The number of anilines is 1. The second-order valence-corrected chi connectivity index (χ2v) is 6.04. The Morgan fingerprint density at radius 3 is 2.29 bits per heavy atom. The van der Waals surface area contributed by atoms with E-state index in [1.807, 2.05) is 0 Å². The zero-order valence-electron chi connectivity index (χ0n) is 12.0. The number of amides is 2. The van der Waals surface area contributed by atoms with Crippen LogP contribution in [0.1, 0.15) is 6.42 Å². The van der Waals surface area contributed by atoms with Crippen LogP contribution in [0, 0.1) is 0 Å². The van der Waals surface area contributed by atoms with E-state index in [2.05, 4.69) is 16.8 Å². The lowest BCUT2D eigenvalue weighted by atomic mass is 10.2. The van der Waals surface area contributed by atoms with Gasteiger partial charge in [-0.2, -0.15) is 0 Å². The van der Waals surface area contributed by atoms with Crippen LogP contribution in [0.3, 0.4) is 0 Å². The van der Waals surface area contributed by atoms with Gasteiger partial charge in [0.15, 0.2) is 0 Å². The molecule has 5 nitrogen and oxygen atoms in total. The fourth-order valence-electron chi connectivity index (χ4n) is 2.90. The Morgan fingerprint density at radius 2 is 1.67 bits per heavy atom. The third-order valence-electron chi connectivity index (χ3n) is 4.19. The molecule has 1 aromatic carbocycles. The van der Waals surface area contributed by atoms with Gasteiger partial charge in [0.05, 0.1) is 18.2 Å². The number of nitrogens with zero attached hydrogens (tertiary/aromatic N) is 3. The van der Waals surface area contributed by atoms with E-state index in [4.69, 9.17) is 11.6 Å². The summed E-state index contributed by atoms with van der Waals surface area (Å²) in [5, 5.41) is 0.591. The summed E-state index contributed by atoms with van der Waals surface area (Å²) in [5.41, 5.74) is 0.603. The minimum Gasteiger partial charge on any atom is -0.304 e. The van der Waals surface area contributed by atoms with Crippen LogP contribution in [0.25, 0.3) is 0 Å². The van der Waals surface area contributed by atoms with Gasteiger partial charge in [0, 0.05) is 31.2 Å². The Balaban J connectivity index is 1.77. The summed E-state index contributed by atoms with van der Waals surface area (Å²) < 4.78 is 0. The molecule has 2 aliphatic heterocycles. The van der Waals surface area contributed by atoms with Gasteiger partial charge in [-0.05, 0) is 31.3 Å². The highest BCUT2D eigenvalue weighted by Crippen LogP contribution is 2.27. The lowest BCUT2D eigenvalue weighted by Crippen LogP contribution is -2.51. The molecule has 0 radical (unpaired) electrons. The Bertz CT molecular complexity index is 553. The molecular weight excluding hydrogens is 290 g/mol. The topological polar surface area (TPSA) is 43.9 Å². The van der Waals surface area contributed by atoms with Crippen molar-refractivity contribution >= 4 is 29.1 Å². The van der Waals surface area contributed by atoms with Gasteiger partial charge >= 0.3 is 0 Å². The largest absolute Gasteiger partial charge is 0.304 e. The molecule has 2 saturated heterocycles. The van der Waals surface area contributed by atoms with Gasteiger partial charge in [-0.25, -0.2) is 4.90 Å². The third kappa shape index (κ3) is 2.81. The van der Waals surface area contributed by atoms with Crippen LogP contribution in [0.15, 0.2) is 24.3 Å². The summed E-state index contributed by atoms with van der Waals surface area (Å²) in [7, 11) is 2.07. The zero-order chi connectivity index (χ0) is 15.0.